The van der Waals surface area contributed by atoms with Crippen molar-refractivity contribution in [3.8, 4) is 0 Å². The number of nitrogens with two attached hydrogens (primary N) is 1. The molecule has 0 spiro atoms. The third kappa shape index (κ3) is 3.57. The smallest absolute Gasteiger partial charge is 0.265 e. The number of piperidine rings is 1. The summed E-state index contributed by atoms with van der Waals surface area (Å²) in [7, 11) is 3.88. The molecule has 1 aromatic rings. The first kappa shape index (κ1) is 14.1. The molecule has 1 atom stereocenters. The number of anilines is 2. The van der Waals surface area contributed by atoms with E-state index in [0.717, 1.165) is 13.1 Å². The molecule has 0 aromatic carbocycles. The molecule has 0 aliphatic carbocycles. The van der Waals surface area contributed by atoms with Crippen molar-refractivity contribution in [3.63, 3.8) is 0 Å². The van der Waals surface area contributed by atoms with Gasteiger partial charge in [0.05, 0.1) is 0 Å². The zero-order chi connectivity index (χ0) is 13.8. The summed E-state index contributed by atoms with van der Waals surface area (Å²) in [6.45, 7) is 2.90. The second-order valence-corrected chi connectivity index (χ2v) is 5.96. The molecule has 2 rings (SSSR count). The highest BCUT2D eigenvalue weighted by Crippen LogP contribution is 2.24. The van der Waals surface area contributed by atoms with E-state index < -0.39 is 0 Å². The molecule has 1 unspecified atom stereocenters. The molecule has 2 heterocycles. The molecule has 7 heteroatoms. The van der Waals surface area contributed by atoms with Crippen molar-refractivity contribution >= 4 is 28.2 Å². The van der Waals surface area contributed by atoms with Crippen LogP contribution < -0.4 is 16.4 Å². The van der Waals surface area contributed by atoms with Crippen LogP contribution in [0.1, 0.15) is 22.5 Å². The SMILES string of the molecule is CNc1nc(N)c(C(=O)NCC2CCCN(C)C2)s1. The maximum atomic E-state index is 12.1. The van der Waals surface area contributed by atoms with Crippen molar-refractivity contribution in [2.24, 2.45) is 5.92 Å². The number of nitrogen functional groups attached to an aromatic ring is 1. The van der Waals surface area contributed by atoms with Crippen LogP contribution in [-0.2, 0) is 0 Å². The molecule has 4 N–H and O–H groups in total. The summed E-state index contributed by atoms with van der Waals surface area (Å²) in [6, 6.07) is 0. The Hall–Kier alpha value is -1.34. The number of carbonyl (C=O) groups excluding carboxylic acids is 1. The summed E-state index contributed by atoms with van der Waals surface area (Å²) in [5.41, 5.74) is 5.74. The Morgan fingerprint density at radius 1 is 1.63 bits per heavy atom. The standard InChI is InChI=1S/C12H21N5OS/c1-14-12-16-10(13)9(19-12)11(18)15-6-8-4-3-5-17(2)7-8/h8H,3-7,13H2,1-2H3,(H,14,16)(H,15,18). The summed E-state index contributed by atoms with van der Waals surface area (Å²) in [5, 5.41) is 6.53. The Morgan fingerprint density at radius 3 is 3.05 bits per heavy atom. The fraction of sp³-hybridized carbons (Fsp3) is 0.667. The maximum Gasteiger partial charge on any atom is 0.265 e. The Bertz CT molecular complexity index is 447. The van der Waals surface area contributed by atoms with E-state index in [1.165, 1.54) is 24.2 Å². The van der Waals surface area contributed by atoms with E-state index in [4.69, 9.17) is 5.73 Å². The topological polar surface area (TPSA) is 83.3 Å². The fourth-order valence-corrected chi connectivity index (χ4v) is 3.11. The number of nitrogens with zero attached hydrogens (tertiary/aromatic N) is 2. The Kier molecular flexibility index (Phi) is 4.60. The second-order valence-electron chi connectivity index (χ2n) is 4.96. The molecule has 1 aromatic heterocycles. The molecular formula is C12H21N5OS. The molecule has 0 bridgehead atoms. The third-order valence-corrected chi connectivity index (χ3v) is 4.43. The van der Waals surface area contributed by atoms with Gasteiger partial charge in [0.1, 0.15) is 10.7 Å². The van der Waals surface area contributed by atoms with Gasteiger partial charge in [0.2, 0.25) is 0 Å². The average molecular weight is 283 g/mol. The van der Waals surface area contributed by atoms with Crippen LogP contribution in [-0.4, -0.2) is 49.5 Å². The molecule has 106 valence electrons. The van der Waals surface area contributed by atoms with Crippen LogP contribution in [0, 0.1) is 5.92 Å². The molecule has 6 nitrogen and oxygen atoms in total. The van der Waals surface area contributed by atoms with Gasteiger partial charge in [0, 0.05) is 20.1 Å². The van der Waals surface area contributed by atoms with Crippen molar-refractivity contribution in [1.82, 2.24) is 15.2 Å². The number of hydrogen-bond donors (Lipinski definition) is 3. The summed E-state index contributed by atoms with van der Waals surface area (Å²) in [6.07, 6.45) is 2.37. The van der Waals surface area contributed by atoms with Gasteiger partial charge in [-0.15, -0.1) is 0 Å². The van der Waals surface area contributed by atoms with Crippen LogP contribution in [0.4, 0.5) is 10.9 Å². The summed E-state index contributed by atoms with van der Waals surface area (Å²) in [4.78, 5) is 18.9. The first-order chi connectivity index (χ1) is 9.10. The number of amides is 1. The first-order valence-electron chi connectivity index (χ1n) is 6.51. The molecule has 1 fully saturated rings. The number of rotatable bonds is 4. The van der Waals surface area contributed by atoms with E-state index in [1.807, 2.05) is 0 Å². The maximum absolute atomic E-state index is 12.1. The lowest BCUT2D eigenvalue weighted by atomic mass is 9.98. The number of aromatic nitrogens is 1. The Labute approximate surface area is 117 Å². The largest absolute Gasteiger partial charge is 0.382 e. The molecule has 0 radical (unpaired) electrons. The Balaban J connectivity index is 1.88. The monoisotopic (exact) mass is 283 g/mol. The van der Waals surface area contributed by atoms with Gasteiger partial charge in [-0.05, 0) is 32.4 Å². The number of carbonyl (C=O) groups is 1. The summed E-state index contributed by atoms with van der Waals surface area (Å²) < 4.78 is 0. The van der Waals surface area contributed by atoms with Crippen molar-refractivity contribution in [2.75, 3.05) is 44.8 Å². The fourth-order valence-electron chi connectivity index (χ4n) is 2.36. The molecule has 1 saturated heterocycles. The molecule has 19 heavy (non-hydrogen) atoms. The van der Waals surface area contributed by atoms with E-state index in [0.29, 0.717) is 28.3 Å². The van der Waals surface area contributed by atoms with Gasteiger partial charge in [0.25, 0.3) is 5.91 Å². The minimum Gasteiger partial charge on any atom is -0.382 e. The first-order valence-corrected chi connectivity index (χ1v) is 7.32. The average Bonchev–Trinajstić information content (AvgIpc) is 2.77. The number of thiazole rings is 1. The minimum atomic E-state index is -0.121. The number of nitrogens with one attached hydrogen (secondary N) is 2. The van der Waals surface area contributed by atoms with Crippen LogP contribution in [0.3, 0.4) is 0 Å². The van der Waals surface area contributed by atoms with E-state index in [9.17, 15) is 4.79 Å². The van der Waals surface area contributed by atoms with Crippen molar-refractivity contribution in [1.29, 1.82) is 0 Å². The van der Waals surface area contributed by atoms with E-state index >= 15 is 0 Å². The van der Waals surface area contributed by atoms with Gasteiger partial charge in [-0.1, -0.05) is 11.3 Å². The molecular weight excluding hydrogens is 262 g/mol. The molecule has 0 saturated carbocycles. The minimum absolute atomic E-state index is 0.121. The summed E-state index contributed by atoms with van der Waals surface area (Å²) >= 11 is 1.29. The number of likely N-dealkylation sites (tertiary alicyclic amines) is 1. The second kappa shape index (κ2) is 6.21. The van der Waals surface area contributed by atoms with E-state index in [-0.39, 0.29) is 5.91 Å². The highest BCUT2D eigenvalue weighted by atomic mass is 32.1. The van der Waals surface area contributed by atoms with Gasteiger partial charge in [0.15, 0.2) is 5.13 Å². The Morgan fingerprint density at radius 2 is 2.42 bits per heavy atom. The van der Waals surface area contributed by atoms with Gasteiger partial charge in [-0.3, -0.25) is 4.79 Å². The predicted molar refractivity (Wildman–Crippen MR) is 78.6 cm³/mol. The lowest BCUT2D eigenvalue weighted by Crippen LogP contribution is -2.39. The lowest BCUT2D eigenvalue weighted by Gasteiger charge is -2.29. The zero-order valence-corrected chi connectivity index (χ0v) is 12.2. The van der Waals surface area contributed by atoms with Gasteiger partial charge >= 0.3 is 0 Å². The van der Waals surface area contributed by atoms with Crippen LogP contribution in [0.2, 0.25) is 0 Å². The van der Waals surface area contributed by atoms with Crippen LogP contribution >= 0.6 is 11.3 Å². The quantitative estimate of drug-likeness (QED) is 0.762. The van der Waals surface area contributed by atoms with Crippen LogP contribution in [0.25, 0.3) is 0 Å². The van der Waals surface area contributed by atoms with E-state index in [2.05, 4.69) is 27.6 Å². The van der Waals surface area contributed by atoms with Gasteiger partial charge < -0.3 is 21.3 Å². The normalized spacial score (nSPS) is 20.2. The molecule has 1 aliphatic rings. The van der Waals surface area contributed by atoms with Gasteiger partial charge in [-0.25, -0.2) is 4.98 Å². The molecule has 1 aliphatic heterocycles. The predicted octanol–water partition coefficient (Wildman–Crippen LogP) is 0.839. The number of hydrogen-bond acceptors (Lipinski definition) is 6. The van der Waals surface area contributed by atoms with Crippen LogP contribution in [0.5, 0.6) is 0 Å². The third-order valence-electron chi connectivity index (χ3n) is 3.35. The summed E-state index contributed by atoms with van der Waals surface area (Å²) in [5.74, 6) is 0.706. The van der Waals surface area contributed by atoms with Crippen molar-refractivity contribution in [3.05, 3.63) is 4.88 Å². The highest BCUT2D eigenvalue weighted by Gasteiger charge is 2.20. The molecule has 1 amide bonds. The van der Waals surface area contributed by atoms with Crippen LogP contribution in [0.15, 0.2) is 0 Å². The van der Waals surface area contributed by atoms with Crippen molar-refractivity contribution < 1.29 is 4.79 Å². The highest BCUT2D eigenvalue weighted by molar-refractivity contribution is 7.18. The van der Waals surface area contributed by atoms with Gasteiger partial charge in [-0.2, -0.15) is 0 Å². The zero-order valence-electron chi connectivity index (χ0n) is 11.4. The lowest BCUT2D eigenvalue weighted by molar-refractivity contribution is 0.0941. The van der Waals surface area contributed by atoms with Crippen molar-refractivity contribution in [2.45, 2.75) is 12.8 Å². The van der Waals surface area contributed by atoms with E-state index in [1.54, 1.807) is 7.05 Å².